The zero-order valence-corrected chi connectivity index (χ0v) is 11.9. The highest BCUT2D eigenvalue weighted by atomic mass is 15.2. The van der Waals surface area contributed by atoms with Gasteiger partial charge in [-0.25, -0.2) is 0 Å². The summed E-state index contributed by atoms with van der Waals surface area (Å²) in [4.78, 5) is 2.78. The fraction of sp³-hybridized carbons (Fsp3) is 1.00. The molecule has 2 nitrogen and oxygen atoms in total. The molecule has 0 aromatic rings. The maximum absolute atomic E-state index is 3.73. The van der Waals surface area contributed by atoms with Gasteiger partial charge in [-0.2, -0.15) is 0 Å². The second-order valence-electron chi connectivity index (χ2n) is 6.43. The van der Waals surface area contributed by atoms with Crippen molar-refractivity contribution in [2.75, 3.05) is 19.6 Å². The van der Waals surface area contributed by atoms with Gasteiger partial charge in [0.15, 0.2) is 0 Å². The summed E-state index contributed by atoms with van der Waals surface area (Å²) in [7, 11) is 0. The van der Waals surface area contributed by atoms with E-state index in [1.54, 1.807) is 0 Å². The van der Waals surface area contributed by atoms with Crippen molar-refractivity contribution in [3.63, 3.8) is 0 Å². The van der Waals surface area contributed by atoms with Gasteiger partial charge in [0.25, 0.3) is 0 Å². The van der Waals surface area contributed by atoms with E-state index in [1.165, 1.54) is 51.7 Å². The first-order valence-electron chi connectivity index (χ1n) is 7.68. The van der Waals surface area contributed by atoms with E-state index < -0.39 is 0 Å². The van der Waals surface area contributed by atoms with Crippen LogP contribution in [0, 0.1) is 11.8 Å². The number of nitrogens with zero attached hydrogens (tertiary/aromatic N) is 1. The summed E-state index contributed by atoms with van der Waals surface area (Å²) in [5, 5.41) is 3.73. The maximum Gasteiger partial charge on any atom is 0.0218 e. The van der Waals surface area contributed by atoms with Crippen LogP contribution in [-0.4, -0.2) is 36.6 Å². The van der Waals surface area contributed by atoms with Crippen molar-refractivity contribution in [3.8, 4) is 0 Å². The van der Waals surface area contributed by atoms with Crippen molar-refractivity contribution in [2.45, 2.75) is 65.0 Å². The van der Waals surface area contributed by atoms with E-state index >= 15 is 0 Å². The Bertz CT molecular complexity index is 219. The smallest absolute Gasteiger partial charge is 0.0218 e. The van der Waals surface area contributed by atoms with Crippen LogP contribution in [-0.2, 0) is 0 Å². The first-order chi connectivity index (χ1) is 8.20. The zero-order valence-electron chi connectivity index (χ0n) is 11.9. The molecule has 2 rings (SSSR count). The van der Waals surface area contributed by atoms with Crippen molar-refractivity contribution in [1.82, 2.24) is 10.2 Å². The van der Waals surface area contributed by atoms with E-state index in [0.717, 1.165) is 17.9 Å². The molecule has 0 heterocycles. The van der Waals surface area contributed by atoms with E-state index in [1.807, 2.05) is 0 Å². The minimum Gasteiger partial charge on any atom is -0.312 e. The normalized spacial score (nSPS) is 22.4. The predicted molar refractivity (Wildman–Crippen MR) is 74.2 cm³/mol. The molecular weight excluding hydrogens is 208 g/mol. The molecule has 0 bridgehead atoms. The molecule has 0 amide bonds. The van der Waals surface area contributed by atoms with E-state index in [4.69, 9.17) is 0 Å². The molecule has 1 N–H and O–H groups in total. The third-order valence-corrected chi connectivity index (χ3v) is 4.15. The first-order valence-corrected chi connectivity index (χ1v) is 7.68. The van der Waals surface area contributed by atoms with Crippen LogP contribution in [0.3, 0.4) is 0 Å². The van der Waals surface area contributed by atoms with Crippen LogP contribution in [0.15, 0.2) is 0 Å². The van der Waals surface area contributed by atoms with Gasteiger partial charge >= 0.3 is 0 Å². The molecule has 1 atom stereocenters. The summed E-state index contributed by atoms with van der Waals surface area (Å²) >= 11 is 0. The lowest BCUT2D eigenvalue weighted by molar-refractivity contribution is 0.202. The third kappa shape index (κ3) is 4.59. The molecule has 17 heavy (non-hydrogen) atoms. The van der Waals surface area contributed by atoms with Crippen molar-refractivity contribution >= 4 is 0 Å². The van der Waals surface area contributed by atoms with Gasteiger partial charge in [0, 0.05) is 25.2 Å². The topological polar surface area (TPSA) is 15.3 Å². The fourth-order valence-corrected chi connectivity index (χ4v) is 2.54. The Morgan fingerprint density at radius 2 is 1.88 bits per heavy atom. The summed E-state index contributed by atoms with van der Waals surface area (Å²) in [5.41, 5.74) is 0. The summed E-state index contributed by atoms with van der Waals surface area (Å²) in [6, 6.07) is 1.62. The summed E-state index contributed by atoms with van der Waals surface area (Å²) in [6.07, 6.45) is 7.11. The summed E-state index contributed by atoms with van der Waals surface area (Å²) < 4.78 is 0. The summed E-state index contributed by atoms with van der Waals surface area (Å²) in [5.74, 6) is 1.79. The molecule has 2 aliphatic rings. The maximum atomic E-state index is 3.73. The molecule has 0 radical (unpaired) electrons. The third-order valence-electron chi connectivity index (χ3n) is 4.15. The van der Waals surface area contributed by atoms with Crippen molar-refractivity contribution in [1.29, 1.82) is 0 Å². The van der Waals surface area contributed by atoms with Gasteiger partial charge in [-0.15, -0.1) is 0 Å². The van der Waals surface area contributed by atoms with Crippen LogP contribution in [0.25, 0.3) is 0 Å². The molecule has 0 aromatic heterocycles. The van der Waals surface area contributed by atoms with Crippen LogP contribution >= 0.6 is 0 Å². The highest BCUT2D eigenvalue weighted by Gasteiger charge is 2.34. The zero-order chi connectivity index (χ0) is 12.3. The van der Waals surface area contributed by atoms with Crippen molar-refractivity contribution in [2.24, 2.45) is 11.8 Å². The fourth-order valence-electron chi connectivity index (χ4n) is 2.54. The standard InChI is InChI=1S/C15H30N2/c1-4-9-16-15(12(2)3)11-17(14-7-8-14)10-13-5-6-13/h12-16H,4-11H2,1-3H3. The van der Waals surface area contributed by atoms with Crippen molar-refractivity contribution < 1.29 is 0 Å². The summed E-state index contributed by atoms with van der Waals surface area (Å²) in [6.45, 7) is 10.8. The number of hydrogen-bond acceptors (Lipinski definition) is 2. The highest BCUT2D eigenvalue weighted by Crippen LogP contribution is 2.35. The Balaban J connectivity index is 1.79. The molecule has 2 fully saturated rings. The molecule has 0 saturated heterocycles. The Morgan fingerprint density at radius 1 is 1.18 bits per heavy atom. The Kier molecular flexibility index (Phi) is 4.87. The minimum absolute atomic E-state index is 0.689. The Hall–Kier alpha value is -0.0800. The molecule has 1 unspecified atom stereocenters. The lowest BCUT2D eigenvalue weighted by Gasteiger charge is -2.30. The van der Waals surface area contributed by atoms with Crippen LogP contribution in [0.4, 0.5) is 0 Å². The van der Waals surface area contributed by atoms with Gasteiger partial charge in [0.2, 0.25) is 0 Å². The van der Waals surface area contributed by atoms with Gasteiger partial charge in [0.05, 0.1) is 0 Å². The van der Waals surface area contributed by atoms with E-state index in [0.29, 0.717) is 6.04 Å². The molecule has 0 spiro atoms. The van der Waals surface area contributed by atoms with Gasteiger partial charge in [-0.1, -0.05) is 20.8 Å². The average molecular weight is 238 g/mol. The molecule has 100 valence electrons. The van der Waals surface area contributed by atoms with E-state index in [9.17, 15) is 0 Å². The van der Waals surface area contributed by atoms with Gasteiger partial charge in [0.1, 0.15) is 0 Å². The Labute approximate surface area is 107 Å². The Morgan fingerprint density at radius 3 is 2.35 bits per heavy atom. The van der Waals surface area contributed by atoms with E-state index in [-0.39, 0.29) is 0 Å². The van der Waals surface area contributed by atoms with Gasteiger partial charge in [-0.05, 0) is 50.5 Å². The molecule has 2 saturated carbocycles. The van der Waals surface area contributed by atoms with Crippen LogP contribution in [0.5, 0.6) is 0 Å². The molecule has 2 heteroatoms. The predicted octanol–water partition coefficient (Wildman–Crippen LogP) is 2.89. The van der Waals surface area contributed by atoms with Crippen LogP contribution in [0.2, 0.25) is 0 Å². The first kappa shape index (κ1) is 13.4. The second-order valence-corrected chi connectivity index (χ2v) is 6.43. The monoisotopic (exact) mass is 238 g/mol. The van der Waals surface area contributed by atoms with Crippen molar-refractivity contribution in [3.05, 3.63) is 0 Å². The quantitative estimate of drug-likeness (QED) is 0.664. The molecular formula is C15H30N2. The lowest BCUT2D eigenvalue weighted by atomic mass is 10.0. The SMILES string of the molecule is CCCNC(CN(CC1CC1)C1CC1)C(C)C. The number of nitrogens with one attached hydrogen (secondary N) is 1. The second kappa shape index (κ2) is 6.19. The van der Waals surface area contributed by atoms with Gasteiger partial charge in [-0.3, -0.25) is 4.90 Å². The molecule has 0 aromatic carbocycles. The van der Waals surface area contributed by atoms with Crippen LogP contribution in [0.1, 0.15) is 52.9 Å². The minimum atomic E-state index is 0.689. The number of rotatable bonds is 9. The van der Waals surface area contributed by atoms with E-state index in [2.05, 4.69) is 31.0 Å². The molecule has 0 aliphatic heterocycles. The average Bonchev–Trinajstić information content (AvgIpc) is 3.15. The number of hydrogen-bond donors (Lipinski definition) is 1. The lowest BCUT2D eigenvalue weighted by Crippen LogP contribution is -2.46. The van der Waals surface area contributed by atoms with Crippen LogP contribution < -0.4 is 5.32 Å². The highest BCUT2D eigenvalue weighted by molar-refractivity contribution is 4.90. The largest absolute Gasteiger partial charge is 0.312 e. The molecule has 2 aliphatic carbocycles. The van der Waals surface area contributed by atoms with Gasteiger partial charge < -0.3 is 5.32 Å².